The molecule has 1 saturated heterocycles. The van der Waals surface area contributed by atoms with Crippen LogP contribution in [0.1, 0.15) is 32.6 Å². The van der Waals surface area contributed by atoms with Crippen LogP contribution >= 0.6 is 0 Å². The zero-order valence-electron chi connectivity index (χ0n) is 19.3. The van der Waals surface area contributed by atoms with Gasteiger partial charge in [0.05, 0.1) is 16.2 Å². The van der Waals surface area contributed by atoms with Crippen molar-refractivity contribution >= 4 is 37.6 Å². The molecule has 0 spiro atoms. The number of nitrogens with zero attached hydrogens (tertiary/aromatic N) is 1. The summed E-state index contributed by atoms with van der Waals surface area (Å²) in [7, 11) is -7.32. The lowest BCUT2D eigenvalue weighted by Crippen LogP contribution is -2.35. The SMILES string of the molecule is CC(OC(=O)CCNS(=O)(=O)c1ccccc1)C(=O)Nc1ccc(S(=O)(=O)N2CCCCC2)cc1. The van der Waals surface area contributed by atoms with Gasteiger partial charge in [0.1, 0.15) is 0 Å². The smallest absolute Gasteiger partial charge is 0.307 e. The van der Waals surface area contributed by atoms with Crippen molar-refractivity contribution in [2.24, 2.45) is 0 Å². The molecule has 35 heavy (non-hydrogen) atoms. The Morgan fingerprint density at radius 3 is 2.17 bits per heavy atom. The summed E-state index contributed by atoms with van der Waals surface area (Å²) in [5.74, 6) is -1.35. The third-order valence-corrected chi connectivity index (χ3v) is 8.82. The zero-order chi connectivity index (χ0) is 25.5. The van der Waals surface area contributed by atoms with Gasteiger partial charge in [-0.15, -0.1) is 0 Å². The van der Waals surface area contributed by atoms with Gasteiger partial charge in [-0.3, -0.25) is 9.59 Å². The highest BCUT2D eigenvalue weighted by atomic mass is 32.2. The van der Waals surface area contributed by atoms with E-state index in [1.807, 2.05) is 0 Å². The second-order valence-electron chi connectivity index (χ2n) is 8.07. The van der Waals surface area contributed by atoms with E-state index in [4.69, 9.17) is 4.74 Å². The van der Waals surface area contributed by atoms with Gasteiger partial charge in [-0.25, -0.2) is 21.6 Å². The number of sulfonamides is 2. The van der Waals surface area contributed by atoms with Gasteiger partial charge in [-0.2, -0.15) is 4.31 Å². The number of piperidine rings is 1. The molecule has 3 rings (SSSR count). The van der Waals surface area contributed by atoms with Crippen molar-refractivity contribution in [3.63, 3.8) is 0 Å². The van der Waals surface area contributed by atoms with Gasteiger partial charge < -0.3 is 10.1 Å². The minimum atomic E-state index is -3.75. The van der Waals surface area contributed by atoms with Crippen LogP contribution in [0.4, 0.5) is 5.69 Å². The number of benzene rings is 2. The minimum Gasteiger partial charge on any atom is -0.452 e. The Labute approximate surface area is 205 Å². The van der Waals surface area contributed by atoms with E-state index in [-0.39, 0.29) is 22.8 Å². The fourth-order valence-corrected chi connectivity index (χ4v) is 6.06. The summed E-state index contributed by atoms with van der Waals surface area (Å²) in [6, 6.07) is 13.5. The number of ether oxygens (including phenoxy) is 1. The normalized spacial score (nSPS) is 15.8. The van der Waals surface area contributed by atoms with Crippen LogP contribution in [-0.2, 0) is 34.4 Å². The van der Waals surface area contributed by atoms with Gasteiger partial charge in [0, 0.05) is 25.3 Å². The summed E-state index contributed by atoms with van der Waals surface area (Å²) in [6.45, 7) is 2.20. The number of hydrogen-bond donors (Lipinski definition) is 2. The Morgan fingerprint density at radius 1 is 0.914 bits per heavy atom. The molecule has 12 heteroatoms. The number of hydrogen-bond acceptors (Lipinski definition) is 7. The molecule has 1 unspecified atom stereocenters. The van der Waals surface area contributed by atoms with Crippen molar-refractivity contribution in [2.75, 3.05) is 25.0 Å². The first-order chi connectivity index (χ1) is 16.6. The molecular formula is C23H29N3O7S2. The number of carbonyl (C=O) groups is 2. The van der Waals surface area contributed by atoms with E-state index in [0.29, 0.717) is 18.8 Å². The Kier molecular flexibility index (Phi) is 9.00. The molecule has 10 nitrogen and oxygen atoms in total. The number of amides is 1. The predicted octanol–water partition coefficient (Wildman–Crippen LogP) is 2.10. The maximum Gasteiger partial charge on any atom is 0.307 e. The molecule has 1 atom stereocenters. The molecule has 0 bridgehead atoms. The van der Waals surface area contributed by atoms with Crippen LogP contribution in [0.5, 0.6) is 0 Å². The van der Waals surface area contributed by atoms with E-state index < -0.39 is 38.0 Å². The molecule has 1 aliphatic heterocycles. The second-order valence-corrected chi connectivity index (χ2v) is 11.8. The van der Waals surface area contributed by atoms with Crippen LogP contribution in [0.15, 0.2) is 64.4 Å². The van der Waals surface area contributed by atoms with Crippen LogP contribution in [0, 0.1) is 0 Å². The standard InChI is InChI=1S/C23H29N3O7S2/c1-18(33-22(27)14-15-24-34(29,30)20-8-4-2-5-9-20)23(28)25-19-10-12-21(13-11-19)35(31,32)26-16-6-3-7-17-26/h2,4-5,8-13,18,24H,3,6-7,14-17H2,1H3,(H,25,28). The zero-order valence-corrected chi connectivity index (χ0v) is 21.0. The number of anilines is 1. The monoisotopic (exact) mass is 523 g/mol. The number of carbonyl (C=O) groups excluding carboxylic acids is 2. The average Bonchev–Trinajstić information content (AvgIpc) is 2.85. The number of rotatable bonds is 10. The van der Waals surface area contributed by atoms with Gasteiger partial charge in [0.15, 0.2) is 6.10 Å². The first kappa shape index (κ1) is 26.8. The van der Waals surface area contributed by atoms with Crippen molar-refractivity contribution < 1.29 is 31.2 Å². The molecule has 2 aromatic rings. The third-order valence-electron chi connectivity index (χ3n) is 5.43. The molecule has 1 aliphatic rings. The summed E-state index contributed by atoms with van der Waals surface area (Å²) in [6.07, 6.45) is 1.30. The van der Waals surface area contributed by atoms with Crippen molar-refractivity contribution in [3.05, 3.63) is 54.6 Å². The molecule has 1 fully saturated rings. The Hall–Kier alpha value is -2.80. The highest BCUT2D eigenvalue weighted by Crippen LogP contribution is 2.22. The van der Waals surface area contributed by atoms with E-state index in [2.05, 4.69) is 10.0 Å². The maximum atomic E-state index is 12.7. The first-order valence-electron chi connectivity index (χ1n) is 11.2. The fourth-order valence-electron chi connectivity index (χ4n) is 3.49. The Bertz CT molecular complexity index is 1230. The molecule has 0 radical (unpaired) electrons. The quantitative estimate of drug-likeness (QED) is 0.455. The minimum absolute atomic E-state index is 0.0795. The van der Waals surface area contributed by atoms with Crippen LogP contribution < -0.4 is 10.0 Å². The Morgan fingerprint density at radius 2 is 1.54 bits per heavy atom. The summed E-state index contributed by atoms with van der Waals surface area (Å²) in [4.78, 5) is 24.6. The largest absolute Gasteiger partial charge is 0.452 e. The lowest BCUT2D eigenvalue weighted by molar-refractivity contribution is -0.152. The van der Waals surface area contributed by atoms with Gasteiger partial charge >= 0.3 is 5.97 Å². The van der Waals surface area contributed by atoms with E-state index in [0.717, 1.165) is 19.3 Å². The first-order valence-corrected chi connectivity index (χ1v) is 14.2. The number of esters is 1. The third kappa shape index (κ3) is 7.34. The molecule has 0 saturated carbocycles. The van der Waals surface area contributed by atoms with Crippen LogP contribution in [-0.4, -0.2) is 58.8 Å². The summed E-state index contributed by atoms with van der Waals surface area (Å²) in [5, 5.41) is 2.57. The van der Waals surface area contributed by atoms with E-state index in [1.54, 1.807) is 18.2 Å². The predicted molar refractivity (Wildman–Crippen MR) is 129 cm³/mol. The molecule has 2 aromatic carbocycles. The van der Waals surface area contributed by atoms with Gasteiger partial charge in [-0.1, -0.05) is 24.6 Å². The van der Waals surface area contributed by atoms with Crippen molar-refractivity contribution in [3.8, 4) is 0 Å². The van der Waals surface area contributed by atoms with Crippen molar-refractivity contribution in [1.29, 1.82) is 0 Å². The summed E-state index contributed by atoms with van der Waals surface area (Å²) in [5.41, 5.74) is 0.353. The molecular weight excluding hydrogens is 494 g/mol. The average molecular weight is 524 g/mol. The van der Waals surface area contributed by atoms with Crippen molar-refractivity contribution in [1.82, 2.24) is 9.03 Å². The van der Waals surface area contributed by atoms with E-state index in [1.165, 1.54) is 47.6 Å². The van der Waals surface area contributed by atoms with Gasteiger partial charge in [0.25, 0.3) is 5.91 Å². The summed E-state index contributed by atoms with van der Waals surface area (Å²) >= 11 is 0. The van der Waals surface area contributed by atoms with Crippen LogP contribution in [0.3, 0.4) is 0 Å². The molecule has 0 aromatic heterocycles. The molecule has 0 aliphatic carbocycles. The van der Waals surface area contributed by atoms with E-state index in [9.17, 15) is 26.4 Å². The highest BCUT2D eigenvalue weighted by Gasteiger charge is 2.26. The second kappa shape index (κ2) is 11.8. The topological polar surface area (TPSA) is 139 Å². The molecule has 190 valence electrons. The van der Waals surface area contributed by atoms with Gasteiger partial charge in [0.2, 0.25) is 20.0 Å². The Balaban J connectivity index is 1.47. The van der Waals surface area contributed by atoms with E-state index >= 15 is 0 Å². The van der Waals surface area contributed by atoms with Crippen LogP contribution in [0.25, 0.3) is 0 Å². The maximum absolute atomic E-state index is 12.7. The molecule has 1 heterocycles. The number of nitrogens with one attached hydrogen (secondary N) is 2. The molecule has 1 amide bonds. The highest BCUT2D eigenvalue weighted by molar-refractivity contribution is 7.89. The lowest BCUT2D eigenvalue weighted by atomic mass is 10.2. The summed E-state index contributed by atoms with van der Waals surface area (Å²) < 4.78 is 58.6. The lowest BCUT2D eigenvalue weighted by Gasteiger charge is -2.25. The fraction of sp³-hybridized carbons (Fsp3) is 0.391. The van der Waals surface area contributed by atoms with Gasteiger partial charge in [-0.05, 0) is 56.2 Å². The van der Waals surface area contributed by atoms with Crippen LogP contribution in [0.2, 0.25) is 0 Å². The van der Waals surface area contributed by atoms with Crippen molar-refractivity contribution in [2.45, 2.75) is 48.5 Å². The molecule has 2 N–H and O–H groups in total.